The standard InChI is InChI=1S/C21H27NO4S/c1-2-27(25)18-6-4-3-5-17(18)21(24)26-12-19(23)22-20-15-8-13-7-14(10-15)11-16(20)9-13/h3-6,13-16,20H,2,7-12H2,1H3,(H,22,23)/t13?,14?,15?,16?,20?,27-/m1/s1. The molecule has 1 aromatic rings. The van der Waals surface area contributed by atoms with Gasteiger partial charge in [0.1, 0.15) is 0 Å². The molecule has 1 atom stereocenters. The van der Waals surface area contributed by atoms with Gasteiger partial charge in [-0.25, -0.2) is 4.79 Å². The van der Waals surface area contributed by atoms with Crippen molar-refractivity contribution in [2.24, 2.45) is 23.7 Å². The van der Waals surface area contributed by atoms with E-state index in [2.05, 4.69) is 5.32 Å². The summed E-state index contributed by atoms with van der Waals surface area (Å²) in [6.45, 7) is 1.52. The first-order valence-electron chi connectivity index (χ1n) is 9.99. The zero-order valence-corrected chi connectivity index (χ0v) is 16.5. The molecule has 4 aliphatic carbocycles. The number of carbonyl (C=O) groups excluding carboxylic acids is 2. The molecule has 0 aliphatic heterocycles. The fourth-order valence-corrected chi connectivity index (χ4v) is 6.52. The third-order valence-electron chi connectivity index (χ3n) is 6.50. The predicted octanol–water partition coefficient (Wildman–Crippen LogP) is 2.91. The van der Waals surface area contributed by atoms with Gasteiger partial charge in [0.15, 0.2) is 6.61 Å². The maximum Gasteiger partial charge on any atom is 0.339 e. The van der Waals surface area contributed by atoms with E-state index in [0.717, 1.165) is 11.8 Å². The van der Waals surface area contributed by atoms with Gasteiger partial charge in [0, 0.05) is 11.8 Å². The van der Waals surface area contributed by atoms with Crippen LogP contribution in [-0.4, -0.2) is 34.5 Å². The molecular formula is C21H27NO4S. The normalized spacial score (nSPS) is 32.1. The summed E-state index contributed by atoms with van der Waals surface area (Å²) >= 11 is 0. The van der Waals surface area contributed by atoms with Crippen LogP contribution < -0.4 is 5.32 Å². The number of hydrogen-bond acceptors (Lipinski definition) is 4. The second kappa shape index (κ2) is 7.74. The van der Waals surface area contributed by atoms with Crippen molar-refractivity contribution in [3.05, 3.63) is 29.8 Å². The van der Waals surface area contributed by atoms with E-state index in [9.17, 15) is 13.8 Å². The molecular weight excluding hydrogens is 362 g/mol. The van der Waals surface area contributed by atoms with Crippen LogP contribution in [0.4, 0.5) is 0 Å². The Balaban J connectivity index is 1.33. The van der Waals surface area contributed by atoms with Crippen LogP contribution in [0, 0.1) is 23.7 Å². The Labute approximate surface area is 162 Å². The summed E-state index contributed by atoms with van der Waals surface area (Å²) in [5.41, 5.74) is 0.278. The van der Waals surface area contributed by atoms with Gasteiger partial charge in [-0.2, -0.15) is 0 Å². The molecule has 1 N–H and O–H groups in total. The van der Waals surface area contributed by atoms with Crippen molar-refractivity contribution in [3.63, 3.8) is 0 Å². The SMILES string of the molecule is CC[S@@](=O)c1ccccc1C(=O)OCC(=O)NC1C2CC3CC(C2)CC1C3. The van der Waals surface area contributed by atoms with E-state index in [-0.39, 0.29) is 24.1 Å². The molecule has 4 aliphatic rings. The highest BCUT2D eigenvalue weighted by Crippen LogP contribution is 2.53. The molecule has 146 valence electrons. The Hall–Kier alpha value is -1.69. The van der Waals surface area contributed by atoms with Crippen LogP contribution in [0.25, 0.3) is 0 Å². The number of hydrogen-bond donors (Lipinski definition) is 1. The minimum absolute atomic E-state index is 0.227. The quantitative estimate of drug-likeness (QED) is 0.760. The number of benzene rings is 1. The van der Waals surface area contributed by atoms with Gasteiger partial charge in [0.05, 0.1) is 21.3 Å². The van der Waals surface area contributed by atoms with Crippen LogP contribution in [0.3, 0.4) is 0 Å². The molecule has 0 aromatic heterocycles. The van der Waals surface area contributed by atoms with Gasteiger partial charge in [-0.05, 0) is 67.9 Å². The Kier molecular flexibility index (Phi) is 5.35. The summed E-state index contributed by atoms with van der Waals surface area (Å²) in [7, 11) is -1.25. The van der Waals surface area contributed by atoms with Crippen molar-refractivity contribution in [2.75, 3.05) is 12.4 Å². The lowest BCUT2D eigenvalue weighted by Gasteiger charge is -2.54. The molecule has 0 heterocycles. The van der Waals surface area contributed by atoms with E-state index in [1.165, 1.54) is 32.1 Å². The molecule has 6 heteroatoms. The van der Waals surface area contributed by atoms with E-state index in [1.807, 2.05) is 0 Å². The third-order valence-corrected chi connectivity index (χ3v) is 7.87. The molecule has 4 fully saturated rings. The van der Waals surface area contributed by atoms with Gasteiger partial charge >= 0.3 is 5.97 Å². The van der Waals surface area contributed by atoms with Crippen LogP contribution in [0.5, 0.6) is 0 Å². The van der Waals surface area contributed by atoms with Gasteiger partial charge in [0.2, 0.25) is 0 Å². The van der Waals surface area contributed by atoms with E-state index in [4.69, 9.17) is 4.74 Å². The average Bonchev–Trinajstić information content (AvgIpc) is 2.67. The number of nitrogens with one attached hydrogen (secondary N) is 1. The van der Waals surface area contributed by atoms with E-state index in [1.54, 1.807) is 31.2 Å². The zero-order valence-electron chi connectivity index (χ0n) is 15.7. The molecule has 0 radical (unpaired) electrons. The lowest BCUT2D eigenvalue weighted by atomic mass is 9.54. The lowest BCUT2D eigenvalue weighted by molar-refractivity contribution is -0.128. The summed E-state index contributed by atoms with van der Waals surface area (Å²) in [6.07, 6.45) is 6.30. The molecule has 1 aromatic carbocycles. The van der Waals surface area contributed by atoms with E-state index < -0.39 is 16.8 Å². The molecule has 0 spiro atoms. The molecule has 4 saturated carbocycles. The maximum atomic E-state index is 12.4. The highest BCUT2D eigenvalue weighted by molar-refractivity contribution is 7.85. The average molecular weight is 390 g/mol. The number of ether oxygens (including phenoxy) is 1. The lowest BCUT2D eigenvalue weighted by Crippen LogP contribution is -2.56. The summed E-state index contributed by atoms with van der Waals surface area (Å²) in [5, 5.41) is 3.14. The highest BCUT2D eigenvalue weighted by Gasteiger charge is 2.48. The number of esters is 1. The third kappa shape index (κ3) is 3.82. The molecule has 5 rings (SSSR count). The fourth-order valence-electron chi connectivity index (χ4n) is 5.59. The Bertz CT molecular complexity index is 734. The number of carbonyl (C=O) groups is 2. The van der Waals surface area contributed by atoms with Crippen molar-refractivity contribution in [1.29, 1.82) is 0 Å². The van der Waals surface area contributed by atoms with Crippen LogP contribution in [0.2, 0.25) is 0 Å². The second-order valence-electron chi connectivity index (χ2n) is 8.23. The first-order chi connectivity index (χ1) is 13.0. The van der Waals surface area contributed by atoms with Gasteiger partial charge in [-0.1, -0.05) is 19.1 Å². The van der Waals surface area contributed by atoms with Gasteiger partial charge in [-0.15, -0.1) is 0 Å². The van der Waals surface area contributed by atoms with Crippen LogP contribution in [0.1, 0.15) is 49.4 Å². The van der Waals surface area contributed by atoms with Gasteiger partial charge in [0.25, 0.3) is 5.91 Å². The van der Waals surface area contributed by atoms with Crippen molar-refractivity contribution >= 4 is 22.7 Å². The summed E-state index contributed by atoms with van der Waals surface area (Å²) in [4.78, 5) is 25.3. The summed E-state index contributed by atoms with van der Waals surface area (Å²) in [5.74, 6) is 2.51. The molecule has 27 heavy (non-hydrogen) atoms. The highest BCUT2D eigenvalue weighted by atomic mass is 32.2. The summed E-state index contributed by atoms with van der Waals surface area (Å²) in [6, 6.07) is 6.97. The number of amides is 1. The topological polar surface area (TPSA) is 72.5 Å². The Morgan fingerprint density at radius 2 is 1.70 bits per heavy atom. The first kappa shape index (κ1) is 18.7. The summed E-state index contributed by atoms with van der Waals surface area (Å²) < 4.78 is 17.3. The van der Waals surface area contributed by atoms with Crippen molar-refractivity contribution in [3.8, 4) is 0 Å². The Morgan fingerprint density at radius 1 is 1.07 bits per heavy atom. The predicted molar refractivity (Wildman–Crippen MR) is 103 cm³/mol. The van der Waals surface area contributed by atoms with Crippen LogP contribution in [-0.2, 0) is 20.3 Å². The smallest absolute Gasteiger partial charge is 0.339 e. The van der Waals surface area contributed by atoms with Gasteiger partial charge < -0.3 is 10.1 Å². The maximum absolute atomic E-state index is 12.4. The van der Waals surface area contributed by atoms with Gasteiger partial charge in [-0.3, -0.25) is 9.00 Å². The zero-order chi connectivity index (χ0) is 19.0. The minimum atomic E-state index is -1.25. The first-order valence-corrected chi connectivity index (χ1v) is 11.3. The van der Waals surface area contributed by atoms with Crippen molar-refractivity contribution in [1.82, 2.24) is 5.32 Å². The number of rotatable bonds is 6. The van der Waals surface area contributed by atoms with Crippen LogP contribution >= 0.6 is 0 Å². The largest absolute Gasteiger partial charge is 0.452 e. The van der Waals surface area contributed by atoms with E-state index in [0.29, 0.717) is 22.5 Å². The molecule has 5 nitrogen and oxygen atoms in total. The molecule has 1 amide bonds. The molecule has 0 saturated heterocycles. The fraction of sp³-hybridized carbons (Fsp3) is 0.619. The molecule has 0 unspecified atom stereocenters. The van der Waals surface area contributed by atoms with Crippen molar-refractivity contribution in [2.45, 2.75) is 50.0 Å². The van der Waals surface area contributed by atoms with E-state index >= 15 is 0 Å². The second-order valence-corrected chi connectivity index (χ2v) is 9.94. The van der Waals surface area contributed by atoms with Crippen molar-refractivity contribution < 1.29 is 18.5 Å². The Morgan fingerprint density at radius 3 is 2.33 bits per heavy atom. The minimum Gasteiger partial charge on any atom is -0.452 e. The molecule has 4 bridgehead atoms. The van der Waals surface area contributed by atoms with Crippen LogP contribution in [0.15, 0.2) is 29.2 Å². The monoisotopic (exact) mass is 389 g/mol.